The lowest BCUT2D eigenvalue weighted by atomic mass is 10.2. The highest BCUT2D eigenvalue weighted by molar-refractivity contribution is 5.95. The normalized spacial score (nSPS) is 13.1. The molecule has 154 valence electrons. The molecule has 4 aromatic rings. The standard InChI is InChI=1S/C22H20N8O/c1-29-19(5-8-27-29)22-16-6-11-30(18(16)4-7-25-22)14-21(31)28-20-3-2-15(12-26-20)17-13-23-9-10-24-17/h2-8,10-13,23H,9,14H2,1H3,(H,26,28,31). The van der Waals surface area contributed by atoms with Crippen LogP contribution in [0.4, 0.5) is 5.82 Å². The molecule has 0 bridgehead atoms. The average molecular weight is 412 g/mol. The van der Waals surface area contributed by atoms with Crippen LogP contribution in [0.5, 0.6) is 0 Å². The Morgan fingerprint density at radius 3 is 2.84 bits per heavy atom. The van der Waals surface area contributed by atoms with Crippen LogP contribution in [0.25, 0.3) is 28.0 Å². The number of carbonyl (C=O) groups is 1. The first-order valence-corrected chi connectivity index (χ1v) is 9.83. The summed E-state index contributed by atoms with van der Waals surface area (Å²) in [6, 6.07) is 9.46. The monoisotopic (exact) mass is 412 g/mol. The minimum absolute atomic E-state index is 0.159. The number of pyridine rings is 2. The van der Waals surface area contributed by atoms with Crippen molar-refractivity contribution in [2.24, 2.45) is 12.0 Å². The van der Waals surface area contributed by atoms with Gasteiger partial charge in [0.15, 0.2) is 0 Å². The van der Waals surface area contributed by atoms with Crippen molar-refractivity contribution in [2.75, 3.05) is 11.9 Å². The number of carbonyl (C=O) groups excluding carboxylic acids is 1. The number of amides is 1. The van der Waals surface area contributed by atoms with E-state index in [4.69, 9.17) is 0 Å². The van der Waals surface area contributed by atoms with Gasteiger partial charge in [0.25, 0.3) is 0 Å². The fraction of sp³-hybridized carbons (Fsp3) is 0.136. The summed E-state index contributed by atoms with van der Waals surface area (Å²) in [5.41, 5.74) is 4.38. The molecule has 9 heteroatoms. The van der Waals surface area contributed by atoms with E-state index in [2.05, 4.69) is 30.7 Å². The van der Waals surface area contributed by atoms with Crippen LogP contribution in [0.2, 0.25) is 0 Å². The van der Waals surface area contributed by atoms with E-state index in [1.807, 2.05) is 54.5 Å². The molecule has 4 aromatic heterocycles. The van der Waals surface area contributed by atoms with E-state index in [0.717, 1.165) is 40.1 Å². The first-order chi connectivity index (χ1) is 15.2. The summed E-state index contributed by atoms with van der Waals surface area (Å²) in [6.07, 6.45) is 10.7. The summed E-state index contributed by atoms with van der Waals surface area (Å²) in [7, 11) is 1.88. The Bertz CT molecular complexity index is 1310. The molecule has 5 heterocycles. The fourth-order valence-corrected chi connectivity index (χ4v) is 3.57. The molecule has 0 unspecified atom stereocenters. The van der Waals surface area contributed by atoms with Gasteiger partial charge < -0.3 is 15.2 Å². The number of aryl methyl sites for hydroxylation is 1. The Hall–Kier alpha value is -4.27. The van der Waals surface area contributed by atoms with Gasteiger partial charge in [-0.1, -0.05) is 0 Å². The van der Waals surface area contributed by atoms with E-state index < -0.39 is 0 Å². The molecule has 9 nitrogen and oxygen atoms in total. The van der Waals surface area contributed by atoms with Crippen LogP contribution in [0.3, 0.4) is 0 Å². The van der Waals surface area contributed by atoms with Crippen LogP contribution in [0.15, 0.2) is 66.3 Å². The van der Waals surface area contributed by atoms with Crippen molar-refractivity contribution in [1.29, 1.82) is 0 Å². The molecule has 0 radical (unpaired) electrons. The maximum Gasteiger partial charge on any atom is 0.245 e. The van der Waals surface area contributed by atoms with Gasteiger partial charge in [0.05, 0.1) is 22.6 Å². The first kappa shape index (κ1) is 18.7. The van der Waals surface area contributed by atoms with Gasteiger partial charge in [0.1, 0.15) is 12.4 Å². The lowest BCUT2D eigenvalue weighted by Gasteiger charge is -2.10. The maximum atomic E-state index is 12.6. The van der Waals surface area contributed by atoms with Crippen LogP contribution in [0.1, 0.15) is 5.56 Å². The van der Waals surface area contributed by atoms with Gasteiger partial charge in [-0.3, -0.25) is 19.5 Å². The summed E-state index contributed by atoms with van der Waals surface area (Å²) in [4.78, 5) is 25.8. The van der Waals surface area contributed by atoms with Crippen molar-refractivity contribution >= 4 is 34.5 Å². The molecule has 0 atom stereocenters. The topological polar surface area (TPSA) is 102 Å². The first-order valence-electron chi connectivity index (χ1n) is 9.83. The van der Waals surface area contributed by atoms with Gasteiger partial charge in [-0.2, -0.15) is 5.10 Å². The van der Waals surface area contributed by atoms with Gasteiger partial charge in [-0.25, -0.2) is 4.98 Å². The number of fused-ring (bicyclic) bond motifs is 1. The largest absolute Gasteiger partial charge is 0.384 e. The highest BCUT2D eigenvalue weighted by Crippen LogP contribution is 2.26. The number of aromatic nitrogens is 5. The number of aliphatic imine (C=N–C) groups is 1. The van der Waals surface area contributed by atoms with Gasteiger partial charge >= 0.3 is 0 Å². The molecule has 1 aliphatic rings. The summed E-state index contributed by atoms with van der Waals surface area (Å²) in [5.74, 6) is 0.337. The minimum atomic E-state index is -0.159. The van der Waals surface area contributed by atoms with Gasteiger partial charge in [0, 0.05) is 61.7 Å². The number of nitrogens with zero attached hydrogens (tertiary/aromatic N) is 6. The smallest absolute Gasteiger partial charge is 0.245 e. The van der Waals surface area contributed by atoms with Crippen molar-refractivity contribution < 1.29 is 4.79 Å². The second kappa shape index (κ2) is 7.86. The lowest BCUT2D eigenvalue weighted by Crippen LogP contribution is -2.19. The van der Waals surface area contributed by atoms with E-state index in [1.54, 1.807) is 29.3 Å². The second-order valence-electron chi connectivity index (χ2n) is 7.11. The minimum Gasteiger partial charge on any atom is -0.384 e. The van der Waals surface area contributed by atoms with Crippen molar-refractivity contribution in [2.45, 2.75) is 6.54 Å². The Morgan fingerprint density at radius 1 is 1.16 bits per heavy atom. The molecular weight excluding hydrogens is 392 g/mol. The third-order valence-electron chi connectivity index (χ3n) is 5.08. The summed E-state index contributed by atoms with van der Waals surface area (Å²) < 4.78 is 3.68. The maximum absolute atomic E-state index is 12.6. The average Bonchev–Trinajstić information content (AvgIpc) is 3.41. The molecule has 5 rings (SSSR count). The van der Waals surface area contributed by atoms with Crippen molar-refractivity contribution in [3.63, 3.8) is 0 Å². The predicted molar refractivity (Wildman–Crippen MR) is 119 cm³/mol. The molecule has 31 heavy (non-hydrogen) atoms. The summed E-state index contributed by atoms with van der Waals surface area (Å²) >= 11 is 0. The molecule has 0 saturated heterocycles. The Morgan fingerprint density at radius 2 is 2.10 bits per heavy atom. The fourth-order valence-electron chi connectivity index (χ4n) is 3.57. The van der Waals surface area contributed by atoms with E-state index >= 15 is 0 Å². The molecular formula is C22H20N8O. The summed E-state index contributed by atoms with van der Waals surface area (Å²) in [6.45, 7) is 0.889. The molecule has 0 fully saturated rings. The van der Waals surface area contributed by atoms with Gasteiger partial charge in [0.2, 0.25) is 5.91 Å². The molecule has 0 spiro atoms. The third-order valence-corrected chi connectivity index (χ3v) is 5.08. The predicted octanol–water partition coefficient (Wildman–Crippen LogP) is 2.44. The molecule has 2 N–H and O–H groups in total. The van der Waals surface area contributed by atoms with E-state index in [-0.39, 0.29) is 12.5 Å². The van der Waals surface area contributed by atoms with Crippen LogP contribution in [-0.4, -0.2) is 43.0 Å². The zero-order valence-electron chi connectivity index (χ0n) is 16.9. The quantitative estimate of drug-likeness (QED) is 0.524. The van der Waals surface area contributed by atoms with Gasteiger partial charge in [-0.15, -0.1) is 0 Å². The summed E-state index contributed by atoms with van der Waals surface area (Å²) in [5, 5.41) is 11.2. The SMILES string of the molecule is Cn1nccc1-c1nccc2c1ccn2CC(=O)Nc1ccc(C2=CNCC=N2)cn1. The van der Waals surface area contributed by atoms with E-state index in [9.17, 15) is 4.79 Å². The highest BCUT2D eigenvalue weighted by atomic mass is 16.2. The number of nitrogens with one attached hydrogen (secondary N) is 2. The van der Waals surface area contributed by atoms with Crippen molar-refractivity contribution in [1.82, 2.24) is 29.6 Å². The Labute approximate surface area is 178 Å². The number of rotatable bonds is 5. The molecule has 0 aliphatic carbocycles. The Kier molecular flexibility index (Phi) is 4.75. The van der Waals surface area contributed by atoms with Crippen LogP contribution in [0, 0.1) is 0 Å². The zero-order valence-corrected chi connectivity index (χ0v) is 16.9. The van der Waals surface area contributed by atoms with Crippen LogP contribution in [-0.2, 0) is 18.4 Å². The van der Waals surface area contributed by atoms with Crippen molar-refractivity contribution in [3.8, 4) is 11.4 Å². The van der Waals surface area contributed by atoms with Crippen molar-refractivity contribution in [3.05, 3.63) is 66.9 Å². The molecule has 0 aromatic carbocycles. The van der Waals surface area contributed by atoms with E-state index in [1.165, 1.54) is 0 Å². The highest BCUT2D eigenvalue weighted by Gasteiger charge is 2.13. The van der Waals surface area contributed by atoms with E-state index in [0.29, 0.717) is 5.82 Å². The molecule has 1 amide bonds. The number of hydrogen-bond donors (Lipinski definition) is 2. The Balaban J connectivity index is 1.32. The second-order valence-corrected chi connectivity index (χ2v) is 7.11. The number of anilines is 1. The number of hydrogen-bond acceptors (Lipinski definition) is 6. The van der Waals surface area contributed by atoms with Crippen LogP contribution < -0.4 is 10.6 Å². The third kappa shape index (κ3) is 3.68. The molecule has 0 saturated carbocycles. The lowest BCUT2D eigenvalue weighted by molar-refractivity contribution is -0.116. The zero-order chi connectivity index (χ0) is 21.2. The van der Waals surface area contributed by atoms with Gasteiger partial charge in [-0.05, 0) is 30.3 Å². The molecule has 1 aliphatic heterocycles. The van der Waals surface area contributed by atoms with Crippen LogP contribution >= 0.6 is 0 Å².